The summed E-state index contributed by atoms with van der Waals surface area (Å²) in [4.78, 5) is 2.52. The first kappa shape index (κ1) is 12.7. The highest BCUT2D eigenvalue weighted by molar-refractivity contribution is 6.07. The number of hydrogen-bond acceptors (Lipinski definition) is 1. The molecule has 23 heavy (non-hydrogen) atoms. The number of hydrogen-bond donors (Lipinski definition) is 0. The number of allylic oxidation sites excluding steroid dienone is 2. The molecule has 5 rings (SSSR count). The molecule has 1 nitrogen and oxygen atoms in total. The average Bonchev–Trinajstić information content (AvgIpc) is 2.97. The van der Waals surface area contributed by atoms with Crippen LogP contribution in [0.3, 0.4) is 0 Å². The number of nitrogens with zero attached hydrogens (tertiary/aromatic N) is 1. The molecule has 1 heteroatoms. The third kappa shape index (κ3) is 1.80. The number of benzene rings is 3. The number of anilines is 2. The Labute approximate surface area is 136 Å². The number of rotatable bonds is 1. The Balaban J connectivity index is 1.85. The van der Waals surface area contributed by atoms with Gasteiger partial charge in [0.1, 0.15) is 0 Å². The van der Waals surface area contributed by atoms with Gasteiger partial charge in [0.25, 0.3) is 0 Å². The van der Waals surface area contributed by atoms with Gasteiger partial charge in [-0.1, -0.05) is 72.8 Å². The molecule has 1 unspecified atom stereocenters. The smallest absolute Gasteiger partial charge is 0.0633 e. The molecule has 0 saturated heterocycles. The van der Waals surface area contributed by atoms with Gasteiger partial charge in [-0.15, -0.1) is 0 Å². The van der Waals surface area contributed by atoms with E-state index < -0.39 is 0 Å². The SMILES string of the molecule is C1=CCC2C(=C1)c1ccc3ccccc3c1N2c1ccccc1. The fourth-order valence-electron chi connectivity index (χ4n) is 3.93. The first-order valence-electron chi connectivity index (χ1n) is 8.16. The quantitative estimate of drug-likeness (QED) is 0.556. The van der Waals surface area contributed by atoms with Crippen LogP contribution in [0.5, 0.6) is 0 Å². The van der Waals surface area contributed by atoms with Crippen molar-refractivity contribution in [1.29, 1.82) is 0 Å². The van der Waals surface area contributed by atoms with Crippen molar-refractivity contribution in [2.45, 2.75) is 12.5 Å². The second-order valence-electron chi connectivity index (χ2n) is 6.19. The van der Waals surface area contributed by atoms with Gasteiger partial charge in [0.05, 0.1) is 11.7 Å². The highest BCUT2D eigenvalue weighted by Gasteiger charge is 2.35. The molecule has 1 aliphatic carbocycles. The van der Waals surface area contributed by atoms with Crippen molar-refractivity contribution in [3.63, 3.8) is 0 Å². The third-order valence-electron chi connectivity index (χ3n) is 4.93. The van der Waals surface area contributed by atoms with Crippen molar-refractivity contribution < 1.29 is 0 Å². The summed E-state index contributed by atoms with van der Waals surface area (Å²) in [5.74, 6) is 0. The van der Waals surface area contributed by atoms with Crippen LogP contribution in [0.25, 0.3) is 16.3 Å². The Morgan fingerprint density at radius 2 is 1.65 bits per heavy atom. The lowest BCUT2D eigenvalue weighted by Crippen LogP contribution is -2.27. The summed E-state index contributed by atoms with van der Waals surface area (Å²) < 4.78 is 0. The summed E-state index contributed by atoms with van der Waals surface area (Å²) in [5, 5.41) is 2.64. The average molecular weight is 295 g/mol. The number of para-hydroxylation sites is 1. The van der Waals surface area contributed by atoms with E-state index in [0.29, 0.717) is 6.04 Å². The van der Waals surface area contributed by atoms with Crippen LogP contribution >= 0.6 is 0 Å². The molecule has 0 bridgehead atoms. The Kier molecular flexibility index (Phi) is 2.68. The minimum atomic E-state index is 0.406. The van der Waals surface area contributed by atoms with E-state index >= 15 is 0 Å². The molecule has 3 aromatic rings. The van der Waals surface area contributed by atoms with Gasteiger partial charge in [-0.3, -0.25) is 0 Å². The predicted octanol–water partition coefficient (Wildman–Crippen LogP) is 5.70. The number of fused-ring (bicyclic) bond motifs is 5. The second-order valence-corrected chi connectivity index (χ2v) is 6.19. The highest BCUT2D eigenvalue weighted by Crippen LogP contribution is 2.50. The lowest BCUT2D eigenvalue weighted by molar-refractivity contribution is 0.831. The molecule has 0 fully saturated rings. The Morgan fingerprint density at radius 1 is 0.826 bits per heavy atom. The molecule has 1 aliphatic heterocycles. The maximum Gasteiger partial charge on any atom is 0.0633 e. The highest BCUT2D eigenvalue weighted by atomic mass is 15.2. The molecule has 110 valence electrons. The summed E-state index contributed by atoms with van der Waals surface area (Å²) in [6.45, 7) is 0. The molecule has 1 atom stereocenters. The van der Waals surface area contributed by atoms with Crippen molar-refractivity contribution in [3.05, 3.63) is 90.5 Å². The predicted molar refractivity (Wildman–Crippen MR) is 98.1 cm³/mol. The van der Waals surface area contributed by atoms with Crippen molar-refractivity contribution in [1.82, 2.24) is 0 Å². The standard InChI is InChI=1S/C22H17N/c1-2-9-17(10-3-1)23-21-13-7-6-12-19(21)20-15-14-16-8-4-5-11-18(16)22(20)23/h1-12,14-15,21H,13H2. The molecule has 0 amide bonds. The van der Waals surface area contributed by atoms with Gasteiger partial charge >= 0.3 is 0 Å². The first-order chi connectivity index (χ1) is 11.4. The molecule has 1 heterocycles. The van der Waals surface area contributed by atoms with Crippen LogP contribution in [-0.2, 0) is 0 Å². The zero-order chi connectivity index (χ0) is 15.2. The zero-order valence-electron chi connectivity index (χ0n) is 12.8. The summed E-state index contributed by atoms with van der Waals surface area (Å²) in [7, 11) is 0. The van der Waals surface area contributed by atoms with E-state index in [4.69, 9.17) is 0 Å². The van der Waals surface area contributed by atoms with Gasteiger partial charge in [0.2, 0.25) is 0 Å². The van der Waals surface area contributed by atoms with E-state index in [9.17, 15) is 0 Å². The van der Waals surface area contributed by atoms with E-state index in [1.54, 1.807) is 0 Å². The van der Waals surface area contributed by atoms with Gasteiger partial charge in [-0.05, 0) is 29.5 Å². The molecule has 2 aliphatic rings. The Bertz CT molecular complexity index is 950. The van der Waals surface area contributed by atoms with Crippen LogP contribution in [0.15, 0.2) is 85.0 Å². The summed E-state index contributed by atoms with van der Waals surface area (Å²) in [6, 6.07) is 24.4. The Hall–Kier alpha value is -2.80. The molecule has 0 saturated carbocycles. The maximum absolute atomic E-state index is 2.52. The monoisotopic (exact) mass is 295 g/mol. The molecule has 3 aromatic carbocycles. The van der Waals surface area contributed by atoms with E-state index in [0.717, 1.165) is 6.42 Å². The molecule has 0 spiro atoms. The Morgan fingerprint density at radius 3 is 2.57 bits per heavy atom. The first-order valence-corrected chi connectivity index (χ1v) is 8.16. The largest absolute Gasteiger partial charge is 0.333 e. The lowest BCUT2D eigenvalue weighted by Gasteiger charge is -2.29. The van der Waals surface area contributed by atoms with E-state index in [1.807, 2.05) is 0 Å². The summed E-state index contributed by atoms with van der Waals surface area (Å²) in [5.41, 5.74) is 5.45. The molecular formula is C22H17N. The fraction of sp³-hybridized carbons (Fsp3) is 0.0909. The van der Waals surface area contributed by atoms with Crippen molar-refractivity contribution in [3.8, 4) is 0 Å². The van der Waals surface area contributed by atoms with Crippen LogP contribution in [0.1, 0.15) is 12.0 Å². The molecular weight excluding hydrogens is 278 g/mol. The zero-order valence-corrected chi connectivity index (χ0v) is 12.8. The van der Waals surface area contributed by atoms with Gasteiger partial charge in [-0.25, -0.2) is 0 Å². The van der Waals surface area contributed by atoms with Crippen LogP contribution in [0, 0.1) is 0 Å². The van der Waals surface area contributed by atoms with E-state index in [2.05, 4.69) is 89.9 Å². The van der Waals surface area contributed by atoms with Crippen LogP contribution in [0.2, 0.25) is 0 Å². The van der Waals surface area contributed by atoms with Crippen LogP contribution < -0.4 is 4.90 Å². The molecule has 0 N–H and O–H groups in total. The van der Waals surface area contributed by atoms with Gasteiger partial charge < -0.3 is 4.90 Å². The van der Waals surface area contributed by atoms with Crippen molar-refractivity contribution >= 4 is 27.7 Å². The summed E-state index contributed by atoms with van der Waals surface area (Å²) >= 11 is 0. The lowest BCUT2D eigenvalue weighted by atomic mass is 9.95. The van der Waals surface area contributed by atoms with Crippen LogP contribution in [-0.4, -0.2) is 6.04 Å². The fourth-order valence-corrected chi connectivity index (χ4v) is 3.93. The minimum Gasteiger partial charge on any atom is -0.333 e. The van der Waals surface area contributed by atoms with E-state index in [1.165, 1.54) is 33.3 Å². The third-order valence-corrected chi connectivity index (χ3v) is 4.93. The van der Waals surface area contributed by atoms with Crippen molar-refractivity contribution in [2.24, 2.45) is 0 Å². The topological polar surface area (TPSA) is 3.24 Å². The summed E-state index contributed by atoms with van der Waals surface area (Å²) in [6.07, 6.45) is 7.81. The van der Waals surface area contributed by atoms with E-state index in [-0.39, 0.29) is 0 Å². The maximum atomic E-state index is 2.52. The molecule has 0 radical (unpaired) electrons. The molecule has 0 aromatic heterocycles. The van der Waals surface area contributed by atoms with Gasteiger partial charge in [-0.2, -0.15) is 0 Å². The normalized spacial score (nSPS) is 18.7. The second kappa shape index (κ2) is 4.85. The van der Waals surface area contributed by atoms with Gasteiger partial charge in [0.15, 0.2) is 0 Å². The van der Waals surface area contributed by atoms with Crippen LogP contribution in [0.4, 0.5) is 11.4 Å². The minimum absolute atomic E-state index is 0.406. The van der Waals surface area contributed by atoms with Gasteiger partial charge in [0, 0.05) is 16.6 Å². The van der Waals surface area contributed by atoms with Crippen molar-refractivity contribution in [2.75, 3.05) is 4.90 Å².